The minimum absolute atomic E-state index is 0.0105. The van der Waals surface area contributed by atoms with Gasteiger partial charge in [-0.25, -0.2) is 4.79 Å². The van der Waals surface area contributed by atoms with Crippen LogP contribution in [-0.4, -0.2) is 24.6 Å². The molecular formula is C28H29N3O5. The lowest BCUT2D eigenvalue weighted by molar-refractivity contribution is -0.120. The van der Waals surface area contributed by atoms with Crippen LogP contribution in [0.4, 0.5) is 5.69 Å². The second-order valence-corrected chi connectivity index (χ2v) is 8.88. The Morgan fingerprint density at radius 1 is 1.06 bits per heavy atom. The second-order valence-electron chi connectivity index (χ2n) is 8.88. The lowest BCUT2D eigenvalue weighted by atomic mass is 10.1. The molecule has 4 aromatic rings. The fourth-order valence-corrected chi connectivity index (χ4v) is 4.00. The highest BCUT2D eigenvalue weighted by Gasteiger charge is 2.16. The maximum atomic E-state index is 12.9. The SMILES string of the molecule is Cc1cc(=O)c(OCc2ccccc2)c(CNC(=O)Cc2cc(=O)oc3cc(N(C)C)ccc23)n1C. The van der Waals surface area contributed by atoms with E-state index in [1.54, 1.807) is 6.07 Å². The molecule has 0 aliphatic carbocycles. The van der Waals surface area contributed by atoms with Crippen LogP contribution < -0.4 is 26.0 Å². The monoisotopic (exact) mass is 487 g/mol. The third-order valence-corrected chi connectivity index (χ3v) is 6.12. The summed E-state index contributed by atoms with van der Waals surface area (Å²) in [5.41, 5.74) is 3.37. The molecule has 8 nitrogen and oxygen atoms in total. The summed E-state index contributed by atoms with van der Waals surface area (Å²) in [6, 6.07) is 17.9. The maximum absolute atomic E-state index is 12.9. The Hall–Kier alpha value is -4.33. The van der Waals surface area contributed by atoms with Gasteiger partial charge in [-0.2, -0.15) is 0 Å². The van der Waals surface area contributed by atoms with Gasteiger partial charge in [0.05, 0.1) is 18.7 Å². The van der Waals surface area contributed by atoms with Crippen LogP contribution in [0.25, 0.3) is 11.0 Å². The molecule has 0 aliphatic rings. The molecule has 0 saturated heterocycles. The molecule has 4 rings (SSSR count). The van der Waals surface area contributed by atoms with Crippen LogP contribution in [0.3, 0.4) is 0 Å². The summed E-state index contributed by atoms with van der Waals surface area (Å²) < 4.78 is 13.1. The highest BCUT2D eigenvalue weighted by atomic mass is 16.5. The first kappa shape index (κ1) is 24.8. The molecule has 0 atom stereocenters. The van der Waals surface area contributed by atoms with E-state index in [2.05, 4.69) is 5.32 Å². The van der Waals surface area contributed by atoms with Crippen molar-refractivity contribution in [3.05, 3.63) is 104 Å². The molecule has 2 aromatic carbocycles. The van der Waals surface area contributed by atoms with E-state index in [4.69, 9.17) is 9.15 Å². The number of hydrogen-bond donors (Lipinski definition) is 1. The number of nitrogens with one attached hydrogen (secondary N) is 1. The Morgan fingerprint density at radius 2 is 1.81 bits per heavy atom. The standard InChI is InChI=1S/C28H29N3O5/c1-18-12-24(32)28(35-17-19-8-6-5-7-9-19)23(31(18)4)16-29-26(33)13-20-14-27(34)36-25-15-21(30(2)3)10-11-22(20)25/h5-12,14-15H,13,16-17H2,1-4H3,(H,29,33). The summed E-state index contributed by atoms with van der Waals surface area (Å²) in [6.45, 7) is 2.16. The lowest BCUT2D eigenvalue weighted by Gasteiger charge is -2.18. The number of fused-ring (bicyclic) bond motifs is 1. The van der Waals surface area contributed by atoms with E-state index in [9.17, 15) is 14.4 Å². The van der Waals surface area contributed by atoms with Gasteiger partial charge in [-0.05, 0) is 30.2 Å². The van der Waals surface area contributed by atoms with Gasteiger partial charge in [0.2, 0.25) is 11.3 Å². The number of amides is 1. The van der Waals surface area contributed by atoms with E-state index in [0.29, 0.717) is 22.2 Å². The minimum atomic E-state index is -0.515. The Balaban J connectivity index is 1.54. The Kier molecular flexibility index (Phi) is 7.24. The van der Waals surface area contributed by atoms with E-state index in [0.717, 1.165) is 16.9 Å². The fourth-order valence-electron chi connectivity index (χ4n) is 4.00. The number of aromatic nitrogens is 1. The number of nitrogens with zero attached hydrogens (tertiary/aromatic N) is 2. The molecule has 1 amide bonds. The van der Waals surface area contributed by atoms with Crippen molar-refractivity contribution in [1.29, 1.82) is 0 Å². The second kappa shape index (κ2) is 10.5. The van der Waals surface area contributed by atoms with Crippen LogP contribution in [0.1, 0.15) is 22.5 Å². The summed E-state index contributed by atoms with van der Waals surface area (Å²) >= 11 is 0. The van der Waals surface area contributed by atoms with Gasteiger partial charge < -0.3 is 23.9 Å². The number of carbonyl (C=O) groups excluding carboxylic acids is 1. The van der Waals surface area contributed by atoms with Crippen LogP contribution >= 0.6 is 0 Å². The van der Waals surface area contributed by atoms with E-state index in [1.165, 1.54) is 12.1 Å². The van der Waals surface area contributed by atoms with Crippen molar-refractivity contribution in [3.63, 3.8) is 0 Å². The van der Waals surface area contributed by atoms with Crippen molar-refractivity contribution < 1.29 is 13.9 Å². The lowest BCUT2D eigenvalue weighted by Crippen LogP contribution is -2.28. The van der Waals surface area contributed by atoms with Crippen LogP contribution in [0, 0.1) is 6.92 Å². The molecule has 0 radical (unpaired) electrons. The van der Waals surface area contributed by atoms with E-state index < -0.39 is 5.63 Å². The van der Waals surface area contributed by atoms with Crippen molar-refractivity contribution in [1.82, 2.24) is 9.88 Å². The number of pyridine rings is 1. The number of benzene rings is 2. The van der Waals surface area contributed by atoms with Gasteiger partial charge in [0.15, 0.2) is 5.75 Å². The summed E-state index contributed by atoms with van der Waals surface area (Å²) in [4.78, 5) is 39.7. The third-order valence-electron chi connectivity index (χ3n) is 6.12. The quantitative estimate of drug-likeness (QED) is 0.384. The first-order valence-electron chi connectivity index (χ1n) is 11.6. The summed E-state index contributed by atoms with van der Waals surface area (Å²) in [5, 5.41) is 3.57. The Labute approximate surface area is 208 Å². The highest BCUT2D eigenvalue weighted by molar-refractivity contribution is 5.88. The average Bonchev–Trinajstić information content (AvgIpc) is 2.84. The molecule has 2 heterocycles. The number of carbonyl (C=O) groups is 1. The zero-order valence-corrected chi connectivity index (χ0v) is 20.8. The molecule has 0 saturated carbocycles. The van der Waals surface area contributed by atoms with Crippen LogP contribution in [0.15, 0.2) is 74.7 Å². The van der Waals surface area contributed by atoms with Gasteiger partial charge in [-0.1, -0.05) is 30.3 Å². The van der Waals surface area contributed by atoms with Gasteiger partial charge in [0.1, 0.15) is 12.2 Å². The van der Waals surface area contributed by atoms with Crippen LogP contribution in [-0.2, 0) is 31.4 Å². The molecule has 0 bridgehead atoms. The van der Waals surface area contributed by atoms with Crippen molar-refractivity contribution in [2.75, 3.05) is 19.0 Å². The van der Waals surface area contributed by atoms with E-state index in [1.807, 2.05) is 80.0 Å². The fraction of sp³-hybridized carbons (Fsp3) is 0.250. The molecule has 0 spiro atoms. The number of anilines is 1. The largest absolute Gasteiger partial charge is 0.483 e. The first-order chi connectivity index (χ1) is 17.2. The number of ether oxygens (including phenoxy) is 1. The molecule has 0 unspecified atom stereocenters. The van der Waals surface area contributed by atoms with Gasteiger partial charge in [-0.15, -0.1) is 0 Å². The molecule has 2 aromatic heterocycles. The van der Waals surface area contributed by atoms with E-state index in [-0.39, 0.29) is 36.7 Å². The van der Waals surface area contributed by atoms with Crippen molar-refractivity contribution in [3.8, 4) is 5.75 Å². The molecule has 36 heavy (non-hydrogen) atoms. The number of aryl methyl sites for hydroxylation is 1. The smallest absolute Gasteiger partial charge is 0.336 e. The predicted octanol–water partition coefficient (Wildman–Crippen LogP) is 3.30. The molecule has 186 valence electrons. The van der Waals surface area contributed by atoms with Gasteiger partial charge in [-0.3, -0.25) is 9.59 Å². The first-order valence-corrected chi connectivity index (χ1v) is 11.6. The average molecular weight is 488 g/mol. The molecule has 1 N–H and O–H groups in total. The van der Waals surface area contributed by atoms with Crippen LogP contribution in [0.5, 0.6) is 5.75 Å². The molecule has 0 fully saturated rings. The molecule has 8 heteroatoms. The summed E-state index contributed by atoms with van der Waals surface area (Å²) in [6.07, 6.45) is -0.0105. The van der Waals surface area contributed by atoms with Crippen molar-refractivity contribution >= 4 is 22.6 Å². The molecule has 0 aliphatic heterocycles. The highest BCUT2D eigenvalue weighted by Crippen LogP contribution is 2.23. The maximum Gasteiger partial charge on any atom is 0.336 e. The predicted molar refractivity (Wildman–Crippen MR) is 140 cm³/mol. The van der Waals surface area contributed by atoms with Gasteiger partial charge >= 0.3 is 5.63 Å². The zero-order chi connectivity index (χ0) is 25.8. The third kappa shape index (κ3) is 5.49. The summed E-state index contributed by atoms with van der Waals surface area (Å²) in [5.74, 6) is -0.0872. The van der Waals surface area contributed by atoms with E-state index >= 15 is 0 Å². The molecular weight excluding hydrogens is 458 g/mol. The Bertz CT molecular complexity index is 1520. The van der Waals surface area contributed by atoms with Crippen molar-refractivity contribution in [2.45, 2.75) is 26.5 Å². The zero-order valence-electron chi connectivity index (χ0n) is 20.8. The van der Waals surface area contributed by atoms with Gasteiger partial charge in [0, 0.05) is 56.1 Å². The van der Waals surface area contributed by atoms with Gasteiger partial charge in [0.25, 0.3) is 0 Å². The van der Waals surface area contributed by atoms with Crippen LogP contribution in [0.2, 0.25) is 0 Å². The summed E-state index contributed by atoms with van der Waals surface area (Å²) in [7, 11) is 5.61. The normalized spacial score (nSPS) is 10.9. The minimum Gasteiger partial charge on any atom is -0.483 e. The topological polar surface area (TPSA) is 93.8 Å². The number of rotatable bonds is 8. The number of hydrogen-bond acceptors (Lipinski definition) is 6. The Morgan fingerprint density at radius 3 is 2.53 bits per heavy atom. The van der Waals surface area contributed by atoms with Crippen molar-refractivity contribution in [2.24, 2.45) is 7.05 Å².